The molecule has 0 fully saturated rings. The smallest absolute Gasteiger partial charge is 0.264 e. The first-order valence-corrected chi connectivity index (χ1v) is 10.2. The predicted octanol–water partition coefficient (Wildman–Crippen LogP) is 5.43. The fraction of sp³-hybridized carbons (Fsp3) is 0.476. The number of carbonyl (C=O) groups is 1. The zero-order chi connectivity index (χ0) is 18.1. The van der Waals surface area contributed by atoms with E-state index in [4.69, 9.17) is 0 Å². The monoisotopic (exact) mass is 358 g/mol. The van der Waals surface area contributed by atoms with Crippen LogP contribution < -0.4 is 4.90 Å². The second-order valence-electron chi connectivity index (χ2n) is 6.25. The number of anilines is 1. The van der Waals surface area contributed by atoms with Crippen LogP contribution in [-0.4, -0.2) is 30.4 Å². The molecule has 1 aromatic heterocycles. The first kappa shape index (κ1) is 19.5. The van der Waals surface area contributed by atoms with E-state index in [1.165, 1.54) is 29.0 Å². The molecule has 1 aromatic carbocycles. The topological polar surface area (TPSA) is 23.6 Å². The van der Waals surface area contributed by atoms with Gasteiger partial charge in [0, 0.05) is 31.9 Å². The number of unbranched alkanes of at least 4 members (excludes halogenated alkanes) is 2. The minimum absolute atomic E-state index is 0.152. The Hall–Kier alpha value is -1.81. The van der Waals surface area contributed by atoms with Gasteiger partial charge in [0.2, 0.25) is 0 Å². The first-order valence-electron chi connectivity index (χ1n) is 9.36. The summed E-state index contributed by atoms with van der Waals surface area (Å²) >= 11 is 1.52. The second kappa shape index (κ2) is 10.2. The van der Waals surface area contributed by atoms with E-state index in [2.05, 4.69) is 49.9 Å². The lowest BCUT2D eigenvalue weighted by Gasteiger charge is -2.24. The zero-order valence-corrected chi connectivity index (χ0v) is 16.5. The lowest BCUT2D eigenvalue weighted by atomic mass is 10.1. The molecule has 0 saturated heterocycles. The van der Waals surface area contributed by atoms with E-state index in [9.17, 15) is 4.79 Å². The van der Waals surface area contributed by atoms with Crippen LogP contribution >= 0.6 is 11.3 Å². The summed E-state index contributed by atoms with van der Waals surface area (Å²) in [6.07, 6.45) is 3.39. The van der Waals surface area contributed by atoms with Gasteiger partial charge >= 0.3 is 0 Å². The molecule has 0 aliphatic rings. The molecule has 3 nitrogen and oxygen atoms in total. The van der Waals surface area contributed by atoms with Gasteiger partial charge in [-0.05, 0) is 49.4 Å². The molecule has 0 aliphatic carbocycles. The maximum atomic E-state index is 12.8. The first-order chi connectivity index (χ1) is 12.2. The molecule has 1 amide bonds. The summed E-state index contributed by atoms with van der Waals surface area (Å²) in [6.45, 7) is 10.1. The van der Waals surface area contributed by atoms with Crippen molar-refractivity contribution in [1.82, 2.24) is 4.90 Å². The number of hydrogen-bond acceptors (Lipinski definition) is 3. The highest BCUT2D eigenvalue weighted by atomic mass is 32.1. The van der Waals surface area contributed by atoms with Crippen molar-refractivity contribution in [2.75, 3.05) is 24.5 Å². The van der Waals surface area contributed by atoms with Crippen LogP contribution in [0.15, 0.2) is 41.8 Å². The van der Waals surface area contributed by atoms with Crippen LogP contribution in [0.4, 0.5) is 5.69 Å². The predicted molar refractivity (Wildman–Crippen MR) is 109 cm³/mol. The number of amides is 1. The van der Waals surface area contributed by atoms with Gasteiger partial charge in [-0.2, -0.15) is 0 Å². The van der Waals surface area contributed by atoms with E-state index in [0.29, 0.717) is 6.54 Å². The van der Waals surface area contributed by atoms with Crippen LogP contribution in [0, 0.1) is 0 Å². The van der Waals surface area contributed by atoms with Crippen molar-refractivity contribution in [1.29, 1.82) is 0 Å². The summed E-state index contributed by atoms with van der Waals surface area (Å²) in [5.41, 5.74) is 2.44. The summed E-state index contributed by atoms with van der Waals surface area (Å²) in [4.78, 5) is 18.0. The third kappa shape index (κ3) is 5.60. The van der Waals surface area contributed by atoms with Crippen molar-refractivity contribution in [2.24, 2.45) is 0 Å². The molecule has 0 spiro atoms. The third-order valence-electron chi connectivity index (χ3n) is 4.49. The Labute approximate surface area is 156 Å². The van der Waals surface area contributed by atoms with E-state index >= 15 is 0 Å². The summed E-state index contributed by atoms with van der Waals surface area (Å²) in [5, 5.41) is 1.97. The normalized spacial score (nSPS) is 10.7. The molecule has 0 saturated carbocycles. The largest absolute Gasteiger partial charge is 0.372 e. The molecular formula is C21H30N2OS. The molecule has 136 valence electrons. The molecule has 4 heteroatoms. The molecule has 2 rings (SSSR count). The average molecular weight is 359 g/mol. The quantitative estimate of drug-likeness (QED) is 0.529. The number of thiophene rings is 1. The van der Waals surface area contributed by atoms with Crippen molar-refractivity contribution in [2.45, 2.75) is 46.6 Å². The van der Waals surface area contributed by atoms with Crippen LogP contribution in [0.2, 0.25) is 0 Å². The fourth-order valence-corrected chi connectivity index (χ4v) is 3.67. The Morgan fingerprint density at radius 1 is 1.00 bits per heavy atom. The average Bonchev–Trinajstić information content (AvgIpc) is 3.17. The van der Waals surface area contributed by atoms with E-state index in [1.807, 2.05) is 22.4 Å². The van der Waals surface area contributed by atoms with Crippen molar-refractivity contribution in [3.63, 3.8) is 0 Å². The summed E-state index contributed by atoms with van der Waals surface area (Å²) < 4.78 is 0. The molecule has 25 heavy (non-hydrogen) atoms. The van der Waals surface area contributed by atoms with Gasteiger partial charge < -0.3 is 9.80 Å². The maximum absolute atomic E-state index is 12.8. The Balaban J connectivity index is 2.08. The molecule has 0 bridgehead atoms. The maximum Gasteiger partial charge on any atom is 0.264 e. The van der Waals surface area contributed by atoms with Crippen LogP contribution in [0.3, 0.4) is 0 Å². The third-order valence-corrected chi connectivity index (χ3v) is 5.35. The molecule has 1 heterocycles. The number of nitrogens with zero attached hydrogens (tertiary/aromatic N) is 2. The number of benzene rings is 1. The van der Waals surface area contributed by atoms with Gasteiger partial charge in [0.25, 0.3) is 5.91 Å². The molecule has 0 unspecified atom stereocenters. The Morgan fingerprint density at radius 3 is 2.28 bits per heavy atom. The highest BCUT2D eigenvalue weighted by Crippen LogP contribution is 2.19. The molecule has 0 aliphatic heterocycles. The highest BCUT2D eigenvalue weighted by Gasteiger charge is 2.16. The van der Waals surface area contributed by atoms with Gasteiger partial charge in [0.15, 0.2) is 0 Å². The lowest BCUT2D eigenvalue weighted by molar-refractivity contribution is 0.0745. The summed E-state index contributed by atoms with van der Waals surface area (Å²) in [5.74, 6) is 0.152. The standard InChI is InChI=1S/C21H30N2OS/c1-4-7-8-15-23(21(24)20-10-9-16-25-20)17-18-11-13-19(14-12-18)22(5-2)6-3/h9-14,16H,4-8,15,17H2,1-3H3. The van der Waals surface area contributed by atoms with Gasteiger partial charge in [0.05, 0.1) is 4.88 Å². The van der Waals surface area contributed by atoms with Crippen LogP contribution in [0.25, 0.3) is 0 Å². The highest BCUT2D eigenvalue weighted by molar-refractivity contribution is 7.12. The van der Waals surface area contributed by atoms with Crippen LogP contribution in [-0.2, 0) is 6.54 Å². The Bertz CT molecular complexity index is 618. The van der Waals surface area contributed by atoms with Crippen molar-refractivity contribution >= 4 is 22.9 Å². The SMILES string of the molecule is CCCCCN(Cc1ccc(N(CC)CC)cc1)C(=O)c1cccs1. The Morgan fingerprint density at radius 2 is 1.72 bits per heavy atom. The number of hydrogen-bond donors (Lipinski definition) is 0. The molecule has 0 radical (unpaired) electrons. The van der Waals surface area contributed by atoms with Gasteiger partial charge in [0.1, 0.15) is 0 Å². The minimum atomic E-state index is 0.152. The molecule has 0 atom stereocenters. The zero-order valence-electron chi connectivity index (χ0n) is 15.7. The molecule has 2 aromatic rings. The Kier molecular flexibility index (Phi) is 7.99. The molecule has 0 N–H and O–H groups in total. The molecular weight excluding hydrogens is 328 g/mol. The van der Waals surface area contributed by atoms with Gasteiger partial charge in [-0.25, -0.2) is 0 Å². The van der Waals surface area contributed by atoms with E-state index in [-0.39, 0.29) is 5.91 Å². The van der Waals surface area contributed by atoms with Crippen LogP contribution in [0.5, 0.6) is 0 Å². The second-order valence-corrected chi connectivity index (χ2v) is 7.20. The lowest BCUT2D eigenvalue weighted by Crippen LogP contribution is -2.31. The van der Waals surface area contributed by atoms with E-state index < -0.39 is 0 Å². The number of rotatable bonds is 10. The van der Waals surface area contributed by atoms with Crippen molar-refractivity contribution < 1.29 is 4.79 Å². The van der Waals surface area contributed by atoms with Crippen molar-refractivity contribution in [3.05, 3.63) is 52.2 Å². The van der Waals surface area contributed by atoms with Crippen molar-refractivity contribution in [3.8, 4) is 0 Å². The van der Waals surface area contributed by atoms with Gasteiger partial charge in [-0.15, -0.1) is 11.3 Å². The van der Waals surface area contributed by atoms with E-state index in [1.54, 1.807) is 0 Å². The summed E-state index contributed by atoms with van der Waals surface area (Å²) in [7, 11) is 0. The number of carbonyl (C=O) groups excluding carboxylic acids is 1. The van der Waals surface area contributed by atoms with Gasteiger partial charge in [-0.3, -0.25) is 4.79 Å². The fourth-order valence-electron chi connectivity index (χ4n) is 2.98. The van der Waals surface area contributed by atoms with Crippen LogP contribution in [0.1, 0.15) is 55.3 Å². The summed E-state index contributed by atoms with van der Waals surface area (Å²) in [6, 6.07) is 12.5. The van der Waals surface area contributed by atoms with E-state index in [0.717, 1.165) is 37.4 Å². The van der Waals surface area contributed by atoms with Gasteiger partial charge in [-0.1, -0.05) is 38.0 Å². The minimum Gasteiger partial charge on any atom is -0.372 e.